The van der Waals surface area contributed by atoms with E-state index in [0.717, 1.165) is 43.3 Å². The second kappa shape index (κ2) is 7.48. The van der Waals surface area contributed by atoms with Gasteiger partial charge in [-0.15, -0.1) is 11.6 Å². The van der Waals surface area contributed by atoms with Crippen LogP contribution >= 0.6 is 11.6 Å². The van der Waals surface area contributed by atoms with Crippen LogP contribution in [0.4, 0.5) is 13.2 Å². The molecule has 0 aromatic heterocycles. The van der Waals surface area contributed by atoms with Crippen LogP contribution in [-0.4, -0.2) is 24.3 Å². The molecule has 0 N–H and O–H groups in total. The van der Waals surface area contributed by atoms with Crippen LogP contribution < -0.4 is 0 Å². The number of alkyl halides is 4. The van der Waals surface area contributed by atoms with Crippen molar-refractivity contribution in [2.45, 2.75) is 68.5 Å². The average Bonchev–Trinajstić information content (AvgIpc) is 2.61. The Morgan fingerprint density at radius 2 is 2.08 bits per heavy atom. The standard InChI is InChI=1S/C20H25ClF3O/c1-25-19(17-10-2-3-11-18(17)21)12-5-4-9-16(19)14-7-6-8-15(13-14)20(22,23)24/h3,11,13,15,17-18H,2,4-8,10,12H2,1H3. The molecule has 0 aromatic rings. The monoisotopic (exact) mass is 373 g/mol. The first-order valence-electron chi connectivity index (χ1n) is 9.13. The van der Waals surface area contributed by atoms with Gasteiger partial charge >= 0.3 is 6.18 Å². The summed E-state index contributed by atoms with van der Waals surface area (Å²) in [6.45, 7) is 0. The van der Waals surface area contributed by atoms with Gasteiger partial charge in [0.05, 0.1) is 16.9 Å². The molecule has 3 aliphatic carbocycles. The van der Waals surface area contributed by atoms with Gasteiger partial charge in [0.25, 0.3) is 0 Å². The van der Waals surface area contributed by atoms with Gasteiger partial charge in [-0.3, -0.25) is 0 Å². The van der Waals surface area contributed by atoms with E-state index in [4.69, 9.17) is 16.3 Å². The van der Waals surface area contributed by atoms with E-state index in [1.165, 1.54) is 6.08 Å². The highest BCUT2D eigenvalue weighted by Crippen LogP contribution is 2.49. The minimum atomic E-state index is -4.18. The van der Waals surface area contributed by atoms with E-state index >= 15 is 0 Å². The zero-order chi connectivity index (χ0) is 18.1. The molecule has 0 fully saturated rings. The maximum Gasteiger partial charge on any atom is 0.395 e. The first kappa shape index (κ1) is 19.0. The van der Waals surface area contributed by atoms with Gasteiger partial charge in [-0.25, -0.2) is 0 Å². The van der Waals surface area contributed by atoms with E-state index in [1.807, 2.05) is 6.08 Å². The summed E-state index contributed by atoms with van der Waals surface area (Å²) in [7, 11) is 1.67. The summed E-state index contributed by atoms with van der Waals surface area (Å²) >= 11 is 6.58. The molecule has 1 radical (unpaired) electrons. The lowest BCUT2D eigenvalue weighted by Crippen LogP contribution is -2.48. The molecular weight excluding hydrogens is 349 g/mol. The summed E-state index contributed by atoms with van der Waals surface area (Å²) in [5.74, 6) is -1.29. The van der Waals surface area contributed by atoms with E-state index in [2.05, 4.69) is 12.2 Å². The second-order valence-corrected chi connectivity index (χ2v) is 7.79. The molecule has 0 aromatic carbocycles. The fourth-order valence-electron chi connectivity index (χ4n) is 4.62. The molecule has 4 atom stereocenters. The van der Waals surface area contributed by atoms with Crippen molar-refractivity contribution in [3.63, 3.8) is 0 Å². The summed E-state index contributed by atoms with van der Waals surface area (Å²) in [6, 6.07) is 0. The third kappa shape index (κ3) is 3.71. The molecular formula is C20H25ClF3O. The molecule has 5 heteroatoms. The first-order chi connectivity index (χ1) is 11.9. The lowest BCUT2D eigenvalue weighted by atomic mass is 9.66. The molecule has 3 rings (SSSR count). The summed E-state index contributed by atoms with van der Waals surface area (Å²) in [5, 5.41) is -0.161. The van der Waals surface area contributed by atoms with Crippen LogP contribution in [0.5, 0.6) is 0 Å². The van der Waals surface area contributed by atoms with Gasteiger partial charge in [0.1, 0.15) is 0 Å². The van der Waals surface area contributed by atoms with Gasteiger partial charge in [0, 0.05) is 13.0 Å². The van der Waals surface area contributed by atoms with E-state index in [-0.39, 0.29) is 17.7 Å². The Kier molecular flexibility index (Phi) is 5.69. The molecule has 139 valence electrons. The molecule has 0 spiro atoms. The quantitative estimate of drug-likeness (QED) is 0.426. The van der Waals surface area contributed by atoms with Crippen molar-refractivity contribution in [2.75, 3.05) is 7.11 Å². The van der Waals surface area contributed by atoms with Gasteiger partial charge in [0.15, 0.2) is 0 Å². The van der Waals surface area contributed by atoms with Crippen molar-refractivity contribution in [1.82, 2.24) is 0 Å². The third-order valence-corrected chi connectivity index (χ3v) is 6.32. The zero-order valence-electron chi connectivity index (χ0n) is 14.5. The maximum absolute atomic E-state index is 13.2. The van der Waals surface area contributed by atoms with E-state index < -0.39 is 17.7 Å². The summed E-state index contributed by atoms with van der Waals surface area (Å²) in [5.41, 5.74) is 1.00. The molecule has 0 aliphatic heterocycles. The summed E-state index contributed by atoms with van der Waals surface area (Å²) in [6.07, 6.45) is 10.4. The van der Waals surface area contributed by atoms with Crippen LogP contribution in [0.3, 0.4) is 0 Å². The Morgan fingerprint density at radius 1 is 1.28 bits per heavy atom. The number of ether oxygens (including phenoxy) is 1. The Hall–Kier alpha value is -0.740. The lowest BCUT2D eigenvalue weighted by molar-refractivity contribution is -0.164. The third-order valence-electron chi connectivity index (χ3n) is 5.87. The molecule has 3 aliphatic rings. The molecule has 25 heavy (non-hydrogen) atoms. The predicted molar refractivity (Wildman–Crippen MR) is 93.3 cm³/mol. The highest BCUT2D eigenvalue weighted by molar-refractivity contribution is 6.22. The van der Waals surface area contributed by atoms with Gasteiger partial charge in [0.2, 0.25) is 0 Å². The van der Waals surface area contributed by atoms with Crippen molar-refractivity contribution < 1.29 is 17.9 Å². The van der Waals surface area contributed by atoms with Crippen LogP contribution in [0.2, 0.25) is 0 Å². The van der Waals surface area contributed by atoms with E-state index in [1.54, 1.807) is 7.11 Å². The number of rotatable bonds is 3. The van der Waals surface area contributed by atoms with Crippen molar-refractivity contribution in [3.05, 3.63) is 35.5 Å². The van der Waals surface area contributed by atoms with Crippen LogP contribution in [0, 0.1) is 17.9 Å². The SMILES string of the molecule is COC1(C2CCC=CC2Cl)CCC[C]=C1C1=CC(C(F)(F)F)CCC1. The fourth-order valence-corrected chi connectivity index (χ4v) is 5.06. The van der Waals surface area contributed by atoms with Crippen molar-refractivity contribution in [2.24, 2.45) is 11.8 Å². The van der Waals surface area contributed by atoms with Gasteiger partial charge < -0.3 is 4.74 Å². The Labute approximate surface area is 153 Å². The van der Waals surface area contributed by atoms with Gasteiger partial charge in [-0.05, 0) is 68.6 Å². The highest BCUT2D eigenvalue weighted by atomic mass is 35.5. The average molecular weight is 374 g/mol. The predicted octanol–water partition coefficient (Wildman–Crippen LogP) is 6.15. The fraction of sp³-hybridized carbons (Fsp3) is 0.700. The highest BCUT2D eigenvalue weighted by Gasteiger charge is 2.48. The lowest BCUT2D eigenvalue weighted by Gasteiger charge is -2.47. The molecule has 0 bridgehead atoms. The number of methoxy groups -OCH3 is 1. The Bertz CT molecular complexity index is 578. The minimum Gasteiger partial charge on any atom is -0.373 e. The van der Waals surface area contributed by atoms with E-state index in [0.29, 0.717) is 12.8 Å². The number of hydrogen-bond donors (Lipinski definition) is 0. The van der Waals surface area contributed by atoms with Crippen LogP contribution in [-0.2, 0) is 4.74 Å². The molecule has 0 saturated heterocycles. The van der Waals surface area contributed by atoms with Crippen LogP contribution in [0.25, 0.3) is 0 Å². The molecule has 1 nitrogen and oxygen atoms in total. The largest absolute Gasteiger partial charge is 0.395 e. The van der Waals surface area contributed by atoms with Crippen molar-refractivity contribution in [3.8, 4) is 0 Å². The summed E-state index contributed by atoms with van der Waals surface area (Å²) < 4.78 is 45.7. The molecule has 0 saturated carbocycles. The van der Waals surface area contributed by atoms with Gasteiger partial charge in [-0.2, -0.15) is 13.2 Å². The van der Waals surface area contributed by atoms with Gasteiger partial charge in [-0.1, -0.05) is 18.2 Å². The number of allylic oxidation sites excluding steroid dienone is 4. The van der Waals surface area contributed by atoms with Crippen molar-refractivity contribution >= 4 is 11.6 Å². The smallest absolute Gasteiger partial charge is 0.373 e. The van der Waals surface area contributed by atoms with E-state index in [9.17, 15) is 13.2 Å². The second-order valence-electron chi connectivity index (χ2n) is 7.29. The Morgan fingerprint density at radius 3 is 2.76 bits per heavy atom. The normalized spacial score (nSPS) is 36.8. The Balaban J connectivity index is 1.99. The maximum atomic E-state index is 13.2. The molecule has 0 amide bonds. The first-order valence-corrected chi connectivity index (χ1v) is 9.57. The number of halogens is 4. The zero-order valence-corrected chi connectivity index (χ0v) is 15.3. The number of hydrogen-bond acceptors (Lipinski definition) is 1. The van der Waals surface area contributed by atoms with Crippen LogP contribution in [0.1, 0.15) is 51.4 Å². The topological polar surface area (TPSA) is 9.23 Å². The van der Waals surface area contributed by atoms with Crippen molar-refractivity contribution in [1.29, 1.82) is 0 Å². The van der Waals surface area contributed by atoms with Crippen LogP contribution in [0.15, 0.2) is 29.4 Å². The summed E-state index contributed by atoms with van der Waals surface area (Å²) in [4.78, 5) is 0. The minimum absolute atomic E-state index is 0.0686. The molecule has 4 unspecified atom stereocenters. The molecule has 0 heterocycles.